The van der Waals surface area contributed by atoms with Crippen LogP contribution in [0.3, 0.4) is 0 Å². The maximum atomic E-state index is 12.8. The van der Waals surface area contributed by atoms with Gasteiger partial charge in [-0.05, 0) is 29.8 Å². The third-order valence-electron chi connectivity index (χ3n) is 4.43. The number of pyridine rings is 1. The number of benzene rings is 1. The second kappa shape index (κ2) is 8.98. The van der Waals surface area contributed by atoms with E-state index in [9.17, 15) is 14.0 Å². The predicted molar refractivity (Wildman–Crippen MR) is 99.7 cm³/mol. The molecule has 2 heterocycles. The number of carbonyl (C=O) groups excluding carboxylic acids is 2. The van der Waals surface area contributed by atoms with Crippen LogP contribution in [-0.2, 0) is 11.3 Å². The second-order valence-corrected chi connectivity index (χ2v) is 6.24. The molecule has 0 atom stereocenters. The summed E-state index contributed by atoms with van der Waals surface area (Å²) in [4.78, 5) is 32.1. The fourth-order valence-corrected chi connectivity index (χ4v) is 2.88. The molecule has 8 heteroatoms. The monoisotopic (exact) mass is 371 g/mol. The van der Waals surface area contributed by atoms with E-state index in [-0.39, 0.29) is 24.8 Å². The SMILES string of the molecule is O=C(NCC(=O)N1CCN(c2ccncc2)CC1)NCc1ccc(F)cc1. The number of halogens is 1. The van der Waals surface area contributed by atoms with Crippen molar-refractivity contribution in [1.29, 1.82) is 0 Å². The lowest BCUT2D eigenvalue weighted by atomic mass is 10.2. The van der Waals surface area contributed by atoms with Gasteiger partial charge in [0.25, 0.3) is 0 Å². The van der Waals surface area contributed by atoms with E-state index in [2.05, 4.69) is 20.5 Å². The first-order chi connectivity index (χ1) is 13.1. The van der Waals surface area contributed by atoms with Gasteiger partial charge in [-0.25, -0.2) is 9.18 Å². The molecule has 27 heavy (non-hydrogen) atoms. The van der Waals surface area contributed by atoms with Crippen LogP contribution in [-0.4, -0.2) is 54.5 Å². The highest BCUT2D eigenvalue weighted by Gasteiger charge is 2.21. The number of nitrogens with one attached hydrogen (secondary N) is 2. The molecule has 1 aromatic heterocycles. The molecule has 0 unspecified atom stereocenters. The van der Waals surface area contributed by atoms with Crippen molar-refractivity contribution in [1.82, 2.24) is 20.5 Å². The Balaban J connectivity index is 1.37. The fourth-order valence-electron chi connectivity index (χ4n) is 2.88. The Morgan fingerprint density at radius 2 is 1.63 bits per heavy atom. The van der Waals surface area contributed by atoms with E-state index in [4.69, 9.17) is 0 Å². The van der Waals surface area contributed by atoms with Gasteiger partial charge in [-0.1, -0.05) is 12.1 Å². The van der Waals surface area contributed by atoms with Crippen LogP contribution in [0, 0.1) is 5.82 Å². The molecule has 1 aliphatic rings. The van der Waals surface area contributed by atoms with Crippen LogP contribution in [0.2, 0.25) is 0 Å². The Morgan fingerprint density at radius 1 is 0.963 bits per heavy atom. The van der Waals surface area contributed by atoms with Crippen molar-refractivity contribution in [3.8, 4) is 0 Å². The summed E-state index contributed by atoms with van der Waals surface area (Å²) >= 11 is 0. The summed E-state index contributed by atoms with van der Waals surface area (Å²) in [6.07, 6.45) is 3.50. The highest BCUT2D eigenvalue weighted by Crippen LogP contribution is 2.14. The van der Waals surface area contributed by atoms with Crippen molar-refractivity contribution in [2.75, 3.05) is 37.6 Å². The molecule has 2 aromatic rings. The largest absolute Gasteiger partial charge is 0.368 e. The zero-order chi connectivity index (χ0) is 19.1. The minimum absolute atomic E-state index is 0.0511. The average molecular weight is 371 g/mol. The minimum atomic E-state index is -0.428. The Labute approximate surface area is 157 Å². The summed E-state index contributed by atoms with van der Waals surface area (Å²) in [6, 6.07) is 9.35. The standard InChI is InChI=1S/C19H22FN5O2/c20-16-3-1-15(2-4-16)13-22-19(27)23-14-18(26)25-11-9-24(10-12-25)17-5-7-21-8-6-17/h1-8H,9-14H2,(H2,22,23,27). The molecule has 0 radical (unpaired) electrons. The van der Waals surface area contributed by atoms with Crippen molar-refractivity contribution in [3.63, 3.8) is 0 Å². The van der Waals surface area contributed by atoms with Gasteiger partial charge >= 0.3 is 6.03 Å². The third kappa shape index (κ3) is 5.40. The first-order valence-electron chi connectivity index (χ1n) is 8.81. The van der Waals surface area contributed by atoms with Gasteiger partial charge in [0.15, 0.2) is 0 Å². The van der Waals surface area contributed by atoms with E-state index < -0.39 is 6.03 Å². The van der Waals surface area contributed by atoms with Crippen molar-refractivity contribution in [2.24, 2.45) is 0 Å². The third-order valence-corrected chi connectivity index (χ3v) is 4.43. The Hall–Kier alpha value is -3.16. The van der Waals surface area contributed by atoms with E-state index in [0.29, 0.717) is 13.1 Å². The Morgan fingerprint density at radius 3 is 2.30 bits per heavy atom. The molecule has 142 valence electrons. The predicted octanol–water partition coefficient (Wildman–Crippen LogP) is 1.37. The van der Waals surface area contributed by atoms with Gasteiger partial charge in [-0.2, -0.15) is 0 Å². The second-order valence-electron chi connectivity index (χ2n) is 6.24. The van der Waals surface area contributed by atoms with Gasteiger partial charge in [-0.3, -0.25) is 9.78 Å². The summed E-state index contributed by atoms with van der Waals surface area (Å²) in [5, 5.41) is 5.21. The molecule has 3 rings (SSSR count). The molecule has 1 aliphatic heterocycles. The van der Waals surface area contributed by atoms with Gasteiger partial charge in [0, 0.05) is 50.8 Å². The summed E-state index contributed by atoms with van der Waals surface area (Å²) < 4.78 is 12.8. The summed E-state index contributed by atoms with van der Waals surface area (Å²) in [5.41, 5.74) is 1.88. The lowest BCUT2D eigenvalue weighted by Crippen LogP contribution is -2.52. The highest BCUT2D eigenvalue weighted by molar-refractivity contribution is 5.84. The molecule has 2 N–H and O–H groups in total. The Kier molecular flexibility index (Phi) is 6.19. The highest BCUT2D eigenvalue weighted by atomic mass is 19.1. The molecule has 0 spiro atoms. The first kappa shape index (κ1) is 18.6. The van der Waals surface area contributed by atoms with Crippen LogP contribution in [0.4, 0.5) is 14.9 Å². The zero-order valence-corrected chi connectivity index (χ0v) is 14.9. The number of hydrogen-bond acceptors (Lipinski definition) is 4. The molecule has 1 saturated heterocycles. The summed E-state index contributed by atoms with van der Waals surface area (Å²) in [5.74, 6) is -0.431. The van der Waals surface area contributed by atoms with Crippen LogP contribution in [0.15, 0.2) is 48.8 Å². The van der Waals surface area contributed by atoms with E-state index in [1.165, 1.54) is 12.1 Å². The van der Waals surface area contributed by atoms with Crippen molar-refractivity contribution < 1.29 is 14.0 Å². The number of piperazine rings is 1. The smallest absolute Gasteiger partial charge is 0.315 e. The van der Waals surface area contributed by atoms with E-state index in [1.54, 1.807) is 29.4 Å². The van der Waals surface area contributed by atoms with Crippen molar-refractivity contribution in [2.45, 2.75) is 6.54 Å². The van der Waals surface area contributed by atoms with Crippen molar-refractivity contribution >= 4 is 17.6 Å². The quantitative estimate of drug-likeness (QED) is 0.832. The molecule has 3 amide bonds. The maximum absolute atomic E-state index is 12.8. The topological polar surface area (TPSA) is 77.6 Å². The first-order valence-corrected chi connectivity index (χ1v) is 8.81. The number of aromatic nitrogens is 1. The number of carbonyl (C=O) groups is 2. The van der Waals surface area contributed by atoms with Gasteiger partial charge in [0.2, 0.25) is 5.91 Å². The molecule has 1 aromatic carbocycles. The molecular formula is C19H22FN5O2. The number of urea groups is 1. The van der Waals surface area contributed by atoms with Gasteiger partial charge < -0.3 is 20.4 Å². The zero-order valence-electron chi connectivity index (χ0n) is 14.9. The average Bonchev–Trinajstić information content (AvgIpc) is 2.72. The molecule has 0 aliphatic carbocycles. The van der Waals surface area contributed by atoms with Crippen molar-refractivity contribution in [3.05, 3.63) is 60.2 Å². The normalized spacial score (nSPS) is 14.0. The number of amides is 3. The van der Waals surface area contributed by atoms with Gasteiger partial charge in [0.1, 0.15) is 5.82 Å². The fraction of sp³-hybridized carbons (Fsp3) is 0.316. The van der Waals surface area contributed by atoms with Crippen LogP contribution in [0.5, 0.6) is 0 Å². The van der Waals surface area contributed by atoms with Gasteiger partial charge in [0.05, 0.1) is 6.54 Å². The lowest BCUT2D eigenvalue weighted by molar-refractivity contribution is -0.130. The van der Waals surface area contributed by atoms with Gasteiger partial charge in [-0.15, -0.1) is 0 Å². The van der Waals surface area contributed by atoms with Crippen LogP contribution < -0.4 is 15.5 Å². The Bertz CT molecular complexity index is 761. The van der Waals surface area contributed by atoms with E-state index >= 15 is 0 Å². The van der Waals surface area contributed by atoms with Crippen LogP contribution >= 0.6 is 0 Å². The number of nitrogens with zero attached hydrogens (tertiary/aromatic N) is 3. The molecular weight excluding hydrogens is 349 g/mol. The van der Waals surface area contributed by atoms with E-state index in [1.807, 2.05) is 12.1 Å². The molecule has 0 bridgehead atoms. The molecule has 1 fully saturated rings. The molecule has 7 nitrogen and oxygen atoms in total. The number of rotatable bonds is 5. The van der Waals surface area contributed by atoms with E-state index in [0.717, 1.165) is 24.3 Å². The summed E-state index contributed by atoms with van der Waals surface area (Å²) in [6.45, 7) is 2.93. The van der Waals surface area contributed by atoms with Crippen LogP contribution in [0.1, 0.15) is 5.56 Å². The number of anilines is 1. The maximum Gasteiger partial charge on any atom is 0.315 e. The minimum Gasteiger partial charge on any atom is -0.368 e. The van der Waals surface area contributed by atoms with Crippen LogP contribution in [0.25, 0.3) is 0 Å². The molecule has 0 saturated carbocycles. The number of hydrogen-bond donors (Lipinski definition) is 2. The summed E-state index contributed by atoms with van der Waals surface area (Å²) in [7, 11) is 0. The lowest BCUT2D eigenvalue weighted by Gasteiger charge is -2.36.